The lowest BCUT2D eigenvalue weighted by Gasteiger charge is -2.06. The van der Waals surface area contributed by atoms with E-state index in [-0.39, 0.29) is 5.91 Å². The zero-order valence-corrected chi connectivity index (χ0v) is 16.1. The zero-order chi connectivity index (χ0) is 18.8. The highest BCUT2D eigenvalue weighted by Gasteiger charge is 2.10. The largest absolute Gasteiger partial charge is 0.338 e. The molecule has 4 rings (SSSR count). The van der Waals surface area contributed by atoms with Gasteiger partial charge in [0, 0.05) is 33.8 Å². The molecule has 2 aromatic carbocycles. The van der Waals surface area contributed by atoms with Crippen LogP contribution < -0.4 is 5.32 Å². The first-order chi connectivity index (χ1) is 13.1. The molecule has 0 aliphatic rings. The number of thioether (sulfide) groups is 1. The lowest BCUT2D eigenvalue weighted by Crippen LogP contribution is -2.12. The molecule has 0 atom stereocenters. The second-order valence-corrected chi connectivity index (χ2v) is 7.54. The lowest BCUT2D eigenvalue weighted by molar-refractivity contribution is -0.115. The van der Waals surface area contributed by atoms with Crippen LogP contribution in [0, 0.1) is 6.92 Å². The van der Waals surface area contributed by atoms with Gasteiger partial charge in [0.1, 0.15) is 5.52 Å². The number of anilines is 1. The van der Waals surface area contributed by atoms with Crippen LogP contribution in [0.5, 0.6) is 0 Å². The van der Waals surface area contributed by atoms with E-state index in [0.717, 1.165) is 22.0 Å². The van der Waals surface area contributed by atoms with Gasteiger partial charge in [0.05, 0.1) is 0 Å². The Balaban J connectivity index is 1.37. The zero-order valence-electron chi connectivity index (χ0n) is 14.5. The summed E-state index contributed by atoms with van der Waals surface area (Å²) in [6.07, 6.45) is 0.338. The number of hydrogen-bond acceptors (Lipinski definition) is 5. The van der Waals surface area contributed by atoms with Crippen LogP contribution in [0.3, 0.4) is 0 Å². The van der Waals surface area contributed by atoms with Crippen molar-refractivity contribution in [1.29, 1.82) is 0 Å². The number of hydrogen-bond donors (Lipinski definition) is 2. The third-order valence-electron chi connectivity index (χ3n) is 4.12. The number of carbonyl (C=O) groups is 1. The number of halogens is 1. The first-order valence-corrected chi connectivity index (χ1v) is 9.76. The number of aromatic nitrogens is 4. The van der Waals surface area contributed by atoms with E-state index >= 15 is 0 Å². The first kappa shape index (κ1) is 17.8. The van der Waals surface area contributed by atoms with Crippen LogP contribution in [-0.2, 0) is 4.79 Å². The van der Waals surface area contributed by atoms with Crippen molar-refractivity contribution < 1.29 is 4.79 Å². The molecule has 0 unspecified atom stereocenters. The molecule has 0 saturated heterocycles. The van der Waals surface area contributed by atoms with E-state index in [1.807, 2.05) is 43.3 Å². The summed E-state index contributed by atoms with van der Waals surface area (Å²) in [6.45, 7) is 1.92. The smallest absolute Gasteiger partial charge is 0.225 e. The van der Waals surface area contributed by atoms with Gasteiger partial charge in [-0.25, -0.2) is 4.98 Å². The number of amides is 1. The Bertz CT molecular complexity index is 1140. The molecule has 1 amide bonds. The molecule has 2 N–H and O–H groups in total. The maximum absolute atomic E-state index is 12.1. The molecule has 2 aromatic heterocycles. The topological polar surface area (TPSA) is 83.6 Å². The van der Waals surface area contributed by atoms with E-state index in [4.69, 9.17) is 11.6 Å². The Labute approximate surface area is 164 Å². The van der Waals surface area contributed by atoms with Crippen LogP contribution in [0.2, 0.25) is 5.02 Å². The molecular weight excluding hydrogens is 382 g/mol. The Morgan fingerprint density at radius 1 is 1.22 bits per heavy atom. The highest BCUT2D eigenvalue weighted by Crippen LogP contribution is 2.24. The third-order valence-corrected chi connectivity index (χ3v) is 5.37. The van der Waals surface area contributed by atoms with E-state index < -0.39 is 0 Å². The standard InChI is InChI=1S/C19H16ClN5OS/c1-11-6-7-12(10-14(11)20)21-16(26)8-9-27-19-23-18-17(24-25-19)13-4-2-3-5-15(13)22-18/h2-7,10H,8-9H2,1H3,(H,21,26)(H,22,23,25). The van der Waals surface area contributed by atoms with Crippen LogP contribution in [0.15, 0.2) is 47.6 Å². The van der Waals surface area contributed by atoms with Crippen molar-refractivity contribution >= 4 is 57.0 Å². The predicted molar refractivity (Wildman–Crippen MR) is 109 cm³/mol. The Kier molecular flexibility index (Phi) is 4.96. The number of aryl methyl sites for hydroxylation is 1. The van der Waals surface area contributed by atoms with Gasteiger partial charge in [-0.1, -0.05) is 47.6 Å². The Morgan fingerprint density at radius 3 is 2.93 bits per heavy atom. The summed E-state index contributed by atoms with van der Waals surface area (Å²) in [6, 6.07) is 13.3. The SMILES string of the molecule is Cc1ccc(NC(=O)CCSc2nnc3c(n2)[nH]c2ccccc23)cc1Cl. The fourth-order valence-electron chi connectivity index (χ4n) is 2.70. The van der Waals surface area contributed by atoms with Crippen LogP contribution in [0.25, 0.3) is 22.1 Å². The molecule has 0 radical (unpaired) electrons. The first-order valence-electron chi connectivity index (χ1n) is 8.40. The number of fused-ring (bicyclic) bond motifs is 3. The number of carbonyl (C=O) groups excluding carboxylic acids is 1. The van der Waals surface area contributed by atoms with Crippen molar-refractivity contribution in [3.63, 3.8) is 0 Å². The van der Waals surface area contributed by atoms with Crippen LogP contribution in [0.1, 0.15) is 12.0 Å². The van der Waals surface area contributed by atoms with Gasteiger partial charge >= 0.3 is 0 Å². The number of aromatic amines is 1. The number of nitrogens with zero attached hydrogens (tertiary/aromatic N) is 3. The predicted octanol–water partition coefficient (Wildman–Crippen LogP) is 4.59. The lowest BCUT2D eigenvalue weighted by atomic mass is 10.2. The third kappa shape index (κ3) is 3.89. The minimum Gasteiger partial charge on any atom is -0.338 e. The van der Waals surface area contributed by atoms with Gasteiger partial charge in [-0.05, 0) is 30.7 Å². The molecule has 0 aliphatic heterocycles. The second-order valence-electron chi connectivity index (χ2n) is 6.07. The minimum atomic E-state index is -0.0814. The summed E-state index contributed by atoms with van der Waals surface area (Å²) in [5, 5.41) is 13.5. The number of H-pyrrole nitrogens is 1. The molecule has 4 aromatic rings. The highest BCUT2D eigenvalue weighted by atomic mass is 35.5. The van der Waals surface area contributed by atoms with E-state index in [9.17, 15) is 4.79 Å². The summed E-state index contributed by atoms with van der Waals surface area (Å²) < 4.78 is 0. The van der Waals surface area contributed by atoms with Gasteiger partial charge in [-0.2, -0.15) is 0 Å². The minimum absolute atomic E-state index is 0.0814. The normalized spacial score (nSPS) is 11.2. The van der Waals surface area contributed by atoms with Crippen molar-refractivity contribution in [3.05, 3.63) is 53.1 Å². The van der Waals surface area contributed by atoms with Gasteiger partial charge in [-0.15, -0.1) is 10.2 Å². The molecule has 0 spiro atoms. The van der Waals surface area contributed by atoms with Crippen molar-refractivity contribution in [2.24, 2.45) is 0 Å². The van der Waals surface area contributed by atoms with E-state index in [2.05, 4.69) is 25.5 Å². The average molecular weight is 398 g/mol. The summed E-state index contributed by atoms with van der Waals surface area (Å²) in [5.41, 5.74) is 4.10. The highest BCUT2D eigenvalue weighted by molar-refractivity contribution is 7.99. The number of nitrogens with one attached hydrogen (secondary N) is 2. The van der Waals surface area contributed by atoms with Crippen LogP contribution in [-0.4, -0.2) is 31.8 Å². The van der Waals surface area contributed by atoms with Gasteiger partial charge in [-0.3, -0.25) is 4.79 Å². The van der Waals surface area contributed by atoms with Crippen molar-refractivity contribution in [1.82, 2.24) is 20.2 Å². The van der Waals surface area contributed by atoms with Gasteiger partial charge < -0.3 is 10.3 Å². The molecule has 8 heteroatoms. The molecular formula is C19H16ClN5OS. The molecule has 27 heavy (non-hydrogen) atoms. The summed E-state index contributed by atoms with van der Waals surface area (Å²) in [5.74, 6) is 0.473. The van der Waals surface area contributed by atoms with Gasteiger partial charge in [0.15, 0.2) is 5.65 Å². The monoisotopic (exact) mass is 397 g/mol. The molecule has 2 heterocycles. The number of benzene rings is 2. The van der Waals surface area contributed by atoms with Crippen molar-refractivity contribution in [2.75, 3.05) is 11.1 Å². The van der Waals surface area contributed by atoms with E-state index in [0.29, 0.717) is 33.7 Å². The number of rotatable bonds is 5. The fourth-order valence-corrected chi connectivity index (χ4v) is 3.60. The van der Waals surface area contributed by atoms with E-state index in [1.54, 1.807) is 6.07 Å². The summed E-state index contributed by atoms with van der Waals surface area (Å²) in [4.78, 5) is 19.8. The Hall–Kier alpha value is -2.64. The number of para-hydroxylation sites is 1. The maximum Gasteiger partial charge on any atom is 0.225 e. The van der Waals surface area contributed by atoms with Gasteiger partial charge in [0.25, 0.3) is 0 Å². The molecule has 0 bridgehead atoms. The maximum atomic E-state index is 12.1. The quantitative estimate of drug-likeness (QED) is 0.481. The second kappa shape index (κ2) is 7.54. The van der Waals surface area contributed by atoms with Crippen LogP contribution in [0.4, 0.5) is 5.69 Å². The van der Waals surface area contributed by atoms with Crippen molar-refractivity contribution in [2.45, 2.75) is 18.5 Å². The summed E-state index contributed by atoms with van der Waals surface area (Å²) >= 11 is 7.47. The Morgan fingerprint density at radius 2 is 2.07 bits per heavy atom. The summed E-state index contributed by atoms with van der Waals surface area (Å²) in [7, 11) is 0. The van der Waals surface area contributed by atoms with Crippen molar-refractivity contribution in [3.8, 4) is 0 Å². The molecule has 0 saturated carbocycles. The molecule has 0 aliphatic carbocycles. The van der Waals surface area contributed by atoms with E-state index in [1.165, 1.54) is 11.8 Å². The molecule has 6 nitrogen and oxygen atoms in total. The van der Waals surface area contributed by atoms with Gasteiger partial charge in [0.2, 0.25) is 11.1 Å². The fraction of sp³-hybridized carbons (Fsp3) is 0.158. The molecule has 0 fully saturated rings. The van der Waals surface area contributed by atoms with Crippen LogP contribution >= 0.6 is 23.4 Å². The average Bonchev–Trinajstić information content (AvgIpc) is 3.02. The molecule has 136 valence electrons.